The minimum absolute atomic E-state index is 0.134. The molecule has 2 heterocycles. The topological polar surface area (TPSA) is 94.6 Å². The molecule has 0 saturated carbocycles. The van der Waals surface area contributed by atoms with E-state index in [-0.39, 0.29) is 30.6 Å². The normalized spacial score (nSPS) is 16.4. The van der Waals surface area contributed by atoms with Crippen LogP contribution in [0.25, 0.3) is 0 Å². The van der Waals surface area contributed by atoms with Crippen molar-refractivity contribution in [3.8, 4) is 11.5 Å². The lowest BCUT2D eigenvalue weighted by Gasteiger charge is -2.26. The van der Waals surface area contributed by atoms with Crippen LogP contribution in [0.2, 0.25) is 0 Å². The van der Waals surface area contributed by atoms with Crippen molar-refractivity contribution < 1.29 is 33.3 Å². The average Bonchev–Trinajstić information content (AvgIpc) is 3.31. The first-order valence-corrected chi connectivity index (χ1v) is 9.69. The maximum Gasteiger partial charge on any atom is 0.338 e. The van der Waals surface area contributed by atoms with Crippen molar-refractivity contribution >= 4 is 17.8 Å². The number of methoxy groups -OCH3 is 1. The second-order valence-corrected chi connectivity index (χ2v) is 6.81. The first-order valence-electron chi connectivity index (χ1n) is 9.69. The van der Waals surface area contributed by atoms with Gasteiger partial charge in [0.1, 0.15) is 0 Å². The van der Waals surface area contributed by atoms with Crippen LogP contribution in [0.5, 0.6) is 11.5 Å². The van der Waals surface area contributed by atoms with Crippen molar-refractivity contribution in [3.63, 3.8) is 0 Å². The summed E-state index contributed by atoms with van der Waals surface area (Å²) >= 11 is 0. The number of morpholine rings is 1. The summed E-state index contributed by atoms with van der Waals surface area (Å²) < 4.78 is 21.2. The highest BCUT2D eigenvalue weighted by Crippen LogP contribution is 2.28. The average molecular weight is 406 g/mol. The van der Waals surface area contributed by atoms with Crippen molar-refractivity contribution in [2.75, 3.05) is 59.7 Å². The zero-order chi connectivity index (χ0) is 20.6. The predicted molar refractivity (Wildman–Crippen MR) is 102 cm³/mol. The number of hydrogen-bond donors (Lipinski definition) is 0. The van der Waals surface area contributed by atoms with Gasteiger partial charge < -0.3 is 28.7 Å². The van der Waals surface area contributed by atoms with Crippen LogP contribution in [-0.4, -0.2) is 87.3 Å². The summed E-state index contributed by atoms with van der Waals surface area (Å²) in [6, 6.07) is 4.53. The molecule has 0 atom stereocenters. The van der Waals surface area contributed by atoms with Gasteiger partial charge in [-0.25, -0.2) is 4.79 Å². The molecule has 0 N–H and O–H groups in total. The van der Waals surface area contributed by atoms with Gasteiger partial charge in [0, 0.05) is 26.2 Å². The molecule has 2 amide bonds. The van der Waals surface area contributed by atoms with Gasteiger partial charge in [0.2, 0.25) is 0 Å². The summed E-state index contributed by atoms with van der Waals surface area (Å²) in [6.07, 6.45) is 1.96. The number of rotatable bonds is 7. The second kappa shape index (κ2) is 10.1. The van der Waals surface area contributed by atoms with E-state index >= 15 is 0 Å². The third-order valence-corrected chi connectivity index (χ3v) is 4.90. The lowest BCUT2D eigenvalue weighted by molar-refractivity contribution is -0.137. The van der Waals surface area contributed by atoms with Gasteiger partial charge in [0.15, 0.2) is 24.7 Å². The molecule has 1 aromatic rings. The SMILES string of the molecule is COc1cc(C(=O)OCC(=O)N2CCCC2)ccc1OCC(=O)N1CCOCC1. The van der Waals surface area contributed by atoms with Gasteiger partial charge in [-0.3, -0.25) is 9.59 Å². The molecule has 9 heteroatoms. The Hall–Kier alpha value is -2.81. The first kappa shape index (κ1) is 20.9. The minimum atomic E-state index is -0.619. The van der Waals surface area contributed by atoms with Gasteiger partial charge >= 0.3 is 5.97 Å². The first-order chi connectivity index (χ1) is 14.1. The van der Waals surface area contributed by atoms with E-state index in [2.05, 4.69) is 0 Å². The molecular formula is C20H26N2O7. The Morgan fingerprint density at radius 1 is 0.931 bits per heavy atom. The number of carbonyl (C=O) groups is 3. The van der Waals surface area contributed by atoms with E-state index in [9.17, 15) is 14.4 Å². The molecule has 0 unspecified atom stereocenters. The van der Waals surface area contributed by atoms with Crippen molar-refractivity contribution in [3.05, 3.63) is 23.8 Å². The van der Waals surface area contributed by atoms with Crippen molar-refractivity contribution in [1.82, 2.24) is 9.80 Å². The van der Waals surface area contributed by atoms with Crippen LogP contribution >= 0.6 is 0 Å². The van der Waals surface area contributed by atoms with E-state index in [1.807, 2.05) is 0 Å². The Kier molecular flexibility index (Phi) is 7.29. The lowest BCUT2D eigenvalue weighted by Crippen LogP contribution is -2.43. The minimum Gasteiger partial charge on any atom is -0.493 e. The summed E-state index contributed by atoms with van der Waals surface area (Å²) in [4.78, 5) is 39.8. The fourth-order valence-electron chi connectivity index (χ4n) is 3.23. The van der Waals surface area contributed by atoms with E-state index in [1.165, 1.54) is 19.2 Å². The van der Waals surface area contributed by atoms with Crippen LogP contribution in [-0.2, 0) is 19.1 Å². The molecule has 29 heavy (non-hydrogen) atoms. The third kappa shape index (κ3) is 5.60. The van der Waals surface area contributed by atoms with Crippen LogP contribution in [0.1, 0.15) is 23.2 Å². The summed E-state index contributed by atoms with van der Waals surface area (Å²) in [6.45, 7) is 3.12. The number of amides is 2. The fourth-order valence-corrected chi connectivity index (χ4v) is 3.23. The molecule has 0 spiro atoms. The maximum atomic E-state index is 12.3. The molecule has 1 aromatic carbocycles. The van der Waals surface area contributed by atoms with Crippen LogP contribution in [0.3, 0.4) is 0 Å². The highest BCUT2D eigenvalue weighted by Gasteiger charge is 2.21. The number of ether oxygens (including phenoxy) is 4. The Morgan fingerprint density at radius 3 is 2.28 bits per heavy atom. The van der Waals surface area contributed by atoms with Crippen LogP contribution in [0.15, 0.2) is 18.2 Å². The number of esters is 1. The van der Waals surface area contributed by atoms with Crippen molar-refractivity contribution in [2.24, 2.45) is 0 Å². The van der Waals surface area contributed by atoms with Gasteiger partial charge in [-0.05, 0) is 31.0 Å². The molecule has 0 aromatic heterocycles. The summed E-state index contributed by atoms with van der Waals surface area (Å²) in [5, 5.41) is 0. The largest absolute Gasteiger partial charge is 0.493 e. The zero-order valence-electron chi connectivity index (χ0n) is 16.6. The zero-order valence-corrected chi connectivity index (χ0v) is 16.6. The highest BCUT2D eigenvalue weighted by atomic mass is 16.5. The number of hydrogen-bond acceptors (Lipinski definition) is 7. The second-order valence-electron chi connectivity index (χ2n) is 6.81. The summed E-state index contributed by atoms with van der Waals surface area (Å²) in [7, 11) is 1.44. The molecular weight excluding hydrogens is 380 g/mol. The summed E-state index contributed by atoms with van der Waals surface area (Å²) in [5.74, 6) is -0.297. The standard InChI is InChI=1S/C20H26N2O7/c1-26-17-12-15(20(25)29-14-19(24)21-6-2-3-7-21)4-5-16(17)28-13-18(23)22-8-10-27-11-9-22/h4-5,12H,2-3,6-11,13-14H2,1H3. The molecule has 9 nitrogen and oxygen atoms in total. The van der Waals surface area contributed by atoms with E-state index < -0.39 is 5.97 Å². The monoisotopic (exact) mass is 406 g/mol. The van der Waals surface area contributed by atoms with Crippen LogP contribution in [0.4, 0.5) is 0 Å². The smallest absolute Gasteiger partial charge is 0.338 e. The predicted octanol–water partition coefficient (Wildman–Crippen LogP) is 0.712. The van der Waals surface area contributed by atoms with E-state index in [4.69, 9.17) is 18.9 Å². The molecule has 2 aliphatic rings. The Balaban J connectivity index is 1.53. The molecule has 0 aliphatic carbocycles. The number of benzene rings is 1. The molecule has 0 radical (unpaired) electrons. The van der Waals surface area contributed by atoms with Gasteiger partial charge in [0.25, 0.3) is 11.8 Å². The van der Waals surface area contributed by atoms with Gasteiger partial charge in [0.05, 0.1) is 25.9 Å². The van der Waals surface area contributed by atoms with Crippen LogP contribution < -0.4 is 9.47 Å². The van der Waals surface area contributed by atoms with E-state index in [0.717, 1.165) is 12.8 Å². The molecule has 0 bridgehead atoms. The molecule has 2 fully saturated rings. The van der Waals surface area contributed by atoms with E-state index in [0.29, 0.717) is 50.9 Å². The Bertz CT molecular complexity index is 740. The molecule has 158 valence electrons. The van der Waals surface area contributed by atoms with E-state index in [1.54, 1.807) is 15.9 Å². The van der Waals surface area contributed by atoms with Crippen LogP contribution in [0, 0.1) is 0 Å². The summed E-state index contributed by atoms with van der Waals surface area (Å²) in [5.41, 5.74) is 0.239. The maximum absolute atomic E-state index is 12.3. The third-order valence-electron chi connectivity index (χ3n) is 4.90. The Morgan fingerprint density at radius 2 is 1.59 bits per heavy atom. The number of likely N-dealkylation sites (tertiary alicyclic amines) is 1. The Labute approximate surface area is 169 Å². The molecule has 3 rings (SSSR count). The van der Waals surface area contributed by atoms with Crippen molar-refractivity contribution in [1.29, 1.82) is 0 Å². The van der Waals surface area contributed by atoms with Crippen molar-refractivity contribution in [2.45, 2.75) is 12.8 Å². The molecule has 2 saturated heterocycles. The number of carbonyl (C=O) groups excluding carboxylic acids is 3. The van der Waals surface area contributed by atoms with Gasteiger partial charge in [-0.15, -0.1) is 0 Å². The van der Waals surface area contributed by atoms with Gasteiger partial charge in [-0.2, -0.15) is 0 Å². The van der Waals surface area contributed by atoms with Gasteiger partial charge in [-0.1, -0.05) is 0 Å². The quantitative estimate of drug-likeness (QED) is 0.616. The fraction of sp³-hybridized carbons (Fsp3) is 0.550. The highest BCUT2D eigenvalue weighted by molar-refractivity contribution is 5.92. The number of nitrogens with zero attached hydrogens (tertiary/aromatic N) is 2. The lowest BCUT2D eigenvalue weighted by atomic mass is 10.2. The molecule has 2 aliphatic heterocycles.